The van der Waals surface area contributed by atoms with E-state index in [1.54, 1.807) is 12.1 Å². The summed E-state index contributed by atoms with van der Waals surface area (Å²) >= 11 is 0. The van der Waals surface area contributed by atoms with Gasteiger partial charge in [0.05, 0.1) is 7.11 Å². The van der Waals surface area contributed by atoms with E-state index in [2.05, 4.69) is 13.0 Å². The minimum absolute atomic E-state index is 0.149. The maximum Gasteiger partial charge on any atom is 0.165 e. The number of hydrogen-bond acceptors (Lipinski definition) is 1. The van der Waals surface area contributed by atoms with Crippen molar-refractivity contribution in [3.05, 3.63) is 64.2 Å². The van der Waals surface area contributed by atoms with Crippen LogP contribution in [0, 0.1) is 17.6 Å². The molecule has 4 rings (SSSR count). The fraction of sp³-hybridized carbons (Fsp3) is 0.481. The van der Waals surface area contributed by atoms with E-state index < -0.39 is 0 Å². The van der Waals surface area contributed by atoms with Gasteiger partial charge in [0.15, 0.2) is 11.6 Å². The normalized spacial score (nSPS) is 21.1. The topological polar surface area (TPSA) is 9.23 Å². The molecule has 2 aliphatic rings. The summed E-state index contributed by atoms with van der Waals surface area (Å²) in [4.78, 5) is 0. The highest BCUT2D eigenvalue weighted by molar-refractivity contribution is 5.85. The molecule has 0 atom stereocenters. The van der Waals surface area contributed by atoms with Crippen LogP contribution >= 0.6 is 0 Å². The lowest BCUT2D eigenvalue weighted by atomic mass is 9.76. The van der Waals surface area contributed by atoms with Gasteiger partial charge in [0.25, 0.3) is 0 Å². The average Bonchev–Trinajstić information content (AvgIpc) is 2.77. The molecule has 1 fully saturated rings. The van der Waals surface area contributed by atoms with Gasteiger partial charge < -0.3 is 4.74 Å². The standard InChI is InChI=1S/C27H32F2O/c1-3-4-5-18-6-8-19(9-7-18)20-12-13-24(25(28)15-20)22-11-10-21-17-27(30-2)26(29)16-23(21)14-22/h12-19H,3-11H2,1-2H3. The number of fused-ring (bicyclic) bond motifs is 1. The number of rotatable bonds is 6. The Morgan fingerprint density at radius 3 is 2.47 bits per heavy atom. The second-order valence-electron chi connectivity index (χ2n) is 8.95. The van der Waals surface area contributed by atoms with Crippen LogP contribution in [-0.2, 0) is 6.42 Å². The maximum absolute atomic E-state index is 15.1. The van der Waals surface area contributed by atoms with Crippen molar-refractivity contribution in [1.82, 2.24) is 0 Å². The van der Waals surface area contributed by atoms with Crippen molar-refractivity contribution in [3.8, 4) is 5.75 Å². The first-order chi connectivity index (χ1) is 14.6. The van der Waals surface area contributed by atoms with Gasteiger partial charge in [-0.2, -0.15) is 0 Å². The van der Waals surface area contributed by atoms with E-state index in [0.29, 0.717) is 11.5 Å². The number of hydrogen-bond donors (Lipinski definition) is 0. The van der Waals surface area contributed by atoms with Crippen LogP contribution in [-0.4, -0.2) is 7.11 Å². The number of methoxy groups -OCH3 is 1. The summed E-state index contributed by atoms with van der Waals surface area (Å²) in [5, 5.41) is 0. The molecule has 2 aromatic carbocycles. The molecule has 2 aromatic rings. The summed E-state index contributed by atoms with van der Waals surface area (Å²) in [5.74, 6) is 1.08. The van der Waals surface area contributed by atoms with E-state index in [1.165, 1.54) is 58.1 Å². The van der Waals surface area contributed by atoms with Crippen molar-refractivity contribution in [3.63, 3.8) is 0 Å². The Bertz CT molecular complexity index is 923. The smallest absolute Gasteiger partial charge is 0.165 e. The van der Waals surface area contributed by atoms with Crippen LogP contribution < -0.4 is 4.74 Å². The van der Waals surface area contributed by atoms with Crippen LogP contribution in [0.2, 0.25) is 0 Å². The third-order valence-corrected chi connectivity index (χ3v) is 7.03. The third-order valence-electron chi connectivity index (χ3n) is 7.03. The molecule has 1 saturated carbocycles. The predicted molar refractivity (Wildman–Crippen MR) is 120 cm³/mol. The molecular weight excluding hydrogens is 378 g/mol. The zero-order valence-electron chi connectivity index (χ0n) is 18.1. The zero-order chi connectivity index (χ0) is 21.1. The molecule has 0 saturated heterocycles. The van der Waals surface area contributed by atoms with Crippen LogP contribution in [0.15, 0.2) is 30.3 Å². The number of allylic oxidation sites excluding steroid dienone is 1. The quantitative estimate of drug-likeness (QED) is 0.470. The van der Waals surface area contributed by atoms with Crippen LogP contribution in [0.3, 0.4) is 0 Å². The first kappa shape index (κ1) is 21.1. The molecule has 0 radical (unpaired) electrons. The van der Waals surface area contributed by atoms with Gasteiger partial charge in [-0.05, 0) is 90.8 Å². The minimum atomic E-state index is -0.376. The summed E-state index contributed by atoms with van der Waals surface area (Å²) in [6.45, 7) is 2.25. The van der Waals surface area contributed by atoms with Crippen LogP contribution in [0.5, 0.6) is 5.75 Å². The van der Waals surface area contributed by atoms with E-state index in [1.807, 2.05) is 12.1 Å². The third kappa shape index (κ3) is 4.45. The van der Waals surface area contributed by atoms with E-state index in [0.717, 1.165) is 41.0 Å². The summed E-state index contributed by atoms with van der Waals surface area (Å²) in [6.07, 6.45) is 12.3. The Kier molecular flexibility index (Phi) is 6.55. The molecule has 0 N–H and O–H groups in total. The van der Waals surface area contributed by atoms with Gasteiger partial charge in [-0.25, -0.2) is 8.78 Å². The summed E-state index contributed by atoms with van der Waals surface area (Å²) in [7, 11) is 1.48. The highest BCUT2D eigenvalue weighted by atomic mass is 19.1. The number of unbranched alkanes of at least 4 members (excludes halogenated alkanes) is 1. The molecule has 0 aliphatic heterocycles. The van der Waals surface area contributed by atoms with Crippen molar-refractivity contribution in [2.45, 2.75) is 70.6 Å². The van der Waals surface area contributed by atoms with Gasteiger partial charge in [-0.15, -0.1) is 0 Å². The van der Waals surface area contributed by atoms with E-state index in [9.17, 15) is 4.39 Å². The SMILES string of the molecule is CCCCC1CCC(c2ccc(C3=Cc4cc(F)c(OC)cc4CC3)c(F)c2)CC1. The highest BCUT2D eigenvalue weighted by Gasteiger charge is 2.23. The van der Waals surface area contributed by atoms with Crippen molar-refractivity contribution < 1.29 is 13.5 Å². The molecule has 2 aliphatic carbocycles. The van der Waals surface area contributed by atoms with Crippen LogP contribution in [0.1, 0.15) is 86.5 Å². The molecule has 1 nitrogen and oxygen atoms in total. The Morgan fingerprint density at radius 1 is 0.967 bits per heavy atom. The van der Waals surface area contributed by atoms with Gasteiger partial charge in [0, 0.05) is 5.56 Å². The average molecular weight is 411 g/mol. The van der Waals surface area contributed by atoms with Gasteiger partial charge >= 0.3 is 0 Å². The highest BCUT2D eigenvalue weighted by Crippen LogP contribution is 2.39. The molecule has 0 aromatic heterocycles. The first-order valence-electron chi connectivity index (χ1n) is 11.5. The predicted octanol–water partition coefficient (Wildman–Crippen LogP) is 7.92. The maximum atomic E-state index is 15.1. The second kappa shape index (κ2) is 9.32. The van der Waals surface area contributed by atoms with Gasteiger partial charge in [0.1, 0.15) is 5.82 Å². The van der Waals surface area contributed by atoms with Gasteiger partial charge in [-0.1, -0.05) is 44.4 Å². The molecule has 0 heterocycles. The molecular formula is C27H32F2O. The first-order valence-corrected chi connectivity index (χ1v) is 11.5. The number of benzene rings is 2. The van der Waals surface area contributed by atoms with Crippen molar-refractivity contribution in [1.29, 1.82) is 0 Å². The fourth-order valence-electron chi connectivity index (χ4n) is 5.18. The Hall–Kier alpha value is -2.16. The minimum Gasteiger partial charge on any atom is -0.494 e. The van der Waals surface area contributed by atoms with Crippen molar-refractivity contribution in [2.75, 3.05) is 7.11 Å². The zero-order valence-corrected chi connectivity index (χ0v) is 18.1. The van der Waals surface area contributed by atoms with E-state index >= 15 is 4.39 Å². The molecule has 30 heavy (non-hydrogen) atoms. The van der Waals surface area contributed by atoms with E-state index in [4.69, 9.17) is 4.74 Å². The van der Waals surface area contributed by atoms with Crippen molar-refractivity contribution >= 4 is 11.6 Å². The molecule has 0 spiro atoms. The molecule has 0 unspecified atom stereocenters. The Labute approximate surface area is 179 Å². The second-order valence-corrected chi connectivity index (χ2v) is 8.95. The number of halogens is 2. The van der Waals surface area contributed by atoms with Gasteiger partial charge in [-0.3, -0.25) is 0 Å². The number of aryl methyl sites for hydroxylation is 1. The molecule has 160 valence electrons. The monoisotopic (exact) mass is 410 g/mol. The number of ether oxygens (including phenoxy) is 1. The molecule has 3 heteroatoms. The Morgan fingerprint density at radius 2 is 1.77 bits per heavy atom. The van der Waals surface area contributed by atoms with Crippen LogP contribution in [0.4, 0.5) is 8.78 Å². The molecule has 0 bridgehead atoms. The lowest BCUT2D eigenvalue weighted by Gasteiger charge is -2.29. The summed E-state index contributed by atoms with van der Waals surface area (Å²) in [6, 6.07) is 9.05. The molecule has 0 amide bonds. The van der Waals surface area contributed by atoms with E-state index in [-0.39, 0.29) is 17.4 Å². The van der Waals surface area contributed by atoms with Crippen molar-refractivity contribution in [2.24, 2.45) is 5.92 Å². The fourth-order valence-corrected chi connectivity index (χ4v) is 5.18. The summed E-state index contributed by atoms with van der Waals surface area (Å²) < 4.78 is 34.3. The lowest BCUT2D eigenvalue weighted by Crippen LogP contribution is -2.13. The lowest BCUT2D eigenvalue weighted by molar-refractivity contribution is 0.304. The Balaban J connectivity index is 1.50. The summed E-state index contributed by atoms with van der Waals surface area (Å²) in [5.41, 5.74) is 4.60. The van der Waals surface area contributed by atoms with Crippen LogP contribution in [0.25, 0.3) is 11.6 Å². The van der Waals surface area contributed by atoms with Gasteiger partial charge in [0.2, 0.25) is 0 Å². The largest absolute Gasteiger partial charge is 0.494 e.